The molecule has 0 unspecified atom stereocenters. The number of furan rings is 1. The highest BCUT2D eigenvalue weighted by Gasteiger charge is 2.33. The Morgan fingerprint density at radius 3 is 2.90 bits per heavy atom. The molecule has 0 aliphatic carbocycles. The molecule has 21 heavy (non-hydrogen) atoms. The molecule has 1 N–H and O–H groups in total. The minimum absolute atomic E-state index is 0.0750. The molecule has 3 rings (SSSR count). The molecule has 2 aromatic heterocycles. The number of nitrogens with one attached hydrogen (secondary N) is 1. The van der Waals surface area contributed by atoms with Gasteiger partial charge >= 0.3 is 0 Å². The van der Waals surface area contributed by atoms with Crippen molar-refractivity contribution in [3.05, 3.63) is 23.3 Å². The van der Waals surface area contributed by atoms with E-state index in [-0.39, 0.29) is 17.4 Å². The van der Waals surface area contributed by atoms with Crippen LogP contribution in [0.2, 0.25) is 0 Å². The Labute approximate surface area is 126 Å². The van der Waals surface area contributed by atoms with Crippen molar-refractivity contribution in [1.82, 2.24) is 4.98 Å². The van der Waals surface area contributed by atoms with E-state index in [0.29, 0.717) is 23.0 Å². The highest BCUT2D eigenvalue weighted by molar-refractivity contribution is 7.91. The van der Waals surface area contributed by atoms with Gasteiger partial charge < -0.3 is 9.73 Å². The fourth-order valence-electron chi connectivity index (χ4n) is 2.23. The Hall–Kier alpha value is -1.67. The molecule has 8 heteroatoms. The van der Waals surface area contributed by atoms with E-state index < -0.39 is 15.8 Å². The lowest BCUT2D eigenvalue weighted by atomic mass is 10.1. The van der Waals surface area contributed by atoms with Gasteiger partial charge in [-0.1, -0.05) is 0 Å². The molecule has 0 spiro atoms. The first-order valence-electron chi connectivity index (χ1n) is 6.46. The van der Waals surface area contributed by atoms with E-state index in [1.807, 2.05) is 19.1 Å². The predicted molar refractivity (Wildman–Crippen MR) is 79.9 cm³/mol. The smallest absolute Gasteiger partial charge is 0.230 e. The summed E-state index contributed by atoms with van der Waals surface area (Å²) in [6.45, 7) is 1.85. The van der Waals surface area contributed by atoms with Crippen LogP contribution in [0.15, 0.2) is 21.9 Å². The molecule has 0 saturated carbocycles. The molecule has 2 aromatic rings. The van der Waals surface area contributed by atoms with Crippen molar-refractivity contribution in [2.45, 2.75) is 13.3 Å². The third kappa shape index (κ3) is 3.16. The number of hydrogen-bond donors (Lipinski definition) is 1. The summed E-state index contributed by atoms with van der Waals surface area (Å²) >= 11 is 1.29. The predicted octanol–water partition coefficient (Wildman–Crippen LogP) is 2.08. The first-order valence-corrected chi connectivity index (χ1v) is 9.17. The number of thiazole rings is 1. The molecule has 112 valence electrons. The standard InChI is InChI=1S/C13H14N2O4S2/c1-8-2-3-11(19-8)10-6-20-13(14-10)15-12(16)9-4-5-21(17,18)7-9/h2-3,6,9H,4-5,7H2,1H3,(H,14,15,16)/t9-/m1/s1. The molecule has 1 aliphatic rings. The number of carbonyl (C=O) groups is 1. The van der Waals surface area contributed by atoms with Crippen LogP contribution in [0, 0.1) is 12.8 Å². The largest absolute Gasteiger partial charge is 0.460 e. The summed E-state index contributed by atoms with van der Waals surface area (Å²) in [4.78, 5) is 16.3. The molecule has 1 amide bonds. The number of hydrogen-bond acceptors (Lipinski definition) is 6. The maximum atomic E-state index is 12.0. The molecule has 1 fully saturated rings. The van der Waals surface area contributed by atoms with Crippen LogP contribution in [0.4, 0.5) is 5.13 Å². The molecular formula is C13H14N2O4S2. The van der Waals surface area contributed by atoms with Crippen molar-refractivity contribution in [3.8, 4) is 11.5 Å². The Morgan fingerprint density at radius 2 is 2.29 bits per heavy atom. The Morgan fingerprint density at radius 1 is 1.48 bits per heavy atom. The summed E-state index contributed by atoms with van der Waals surface area (Å²) in [5.41, 5.74) is 0.655. The van der Waals surface area contributed by atoms with Gasteiger partial charge in [0.2, 0.25) is 5.91 Å². The monoisotopic (exact) mass is 326 g/mol. The molecule has 0 radical (unpaired) electrons. The zero-order chi connectivity index (χ0) is 15.0. The number of rotatable bonds is 3. The van der Waals surface area contributed by atoms with Crippen molar-refractivity contribution in [2.24, 2.45) is 5.92 Å². The first-order chi connectivity index (χ1) is 9.93. The maximum absolute atomic E-state index is 12.0. The van der Waals surface area contributed by atoms with E-state index in [1.165, 1.54) is 11.3 Å². The van der Waals surface area contributed by atoms with Crippen LogP contribution in [0.25, 0.3) is 11.5 Å². The van der Waals surface area contributed by atoms with Gasteiger partial charge in [0, 0.05) is 5.38 Å². The van der Waals surface area contributed by atoms with Gasteiger partial charge in [-0.05, 0) is 25.5 Å². The number of amides is 1. The summed E-state index contributed by atoms with van der Waals surface area (Å²) in [5.74, 6) is 0.683. The number of carbonyl (C=O) groups excluding carboxylic acids is 1. The summed E-state index contributed by atoms with van der Waals surface area (Å²) < 4.78 is 28.2. The van der Waals surface area contributed by atoms with Crippen LogP contribution in [0.3, 0.4) is 0 Å². The van der Waals surface area contributed by atoms with E-state index in [9.17, 15) is 13.2 Å². The first kappa shape index (κ1) is 14.3. The highest BCUT2D eigenvalue weighted by atomic mass is 32.2. The topological polar surface area (TPSA) is 89.3 Å². The van der Waals surface area contributed by atoms with Gasteiger partial charge in [0.1, 0.15) is 11.5 Å². The van der Waals surface area contributed by atoms with E-state index in [2.05, 4.69) is 10.3 Å². The van der Waals surface area contributed by atoms with Crippen LogP contribution >= 0.6 is 11.3 Å². The van der Waals surface area contributed by atoms with Crippen molar-refractivity contribution >= 4 is 32.2 Å². The second-order valence-corrected chi connectivity index (χ2v) is 8.12. The maximum Gasteiger partial charge on any atom is 0.230 e. The number of sulfone groups is 1. The second kappa shape index (κ2) is 5.27. The highest BCUT2D eigenvalue weighted by Crippen LogP contribution is 2.27. The molecule has 3 heterocycles. The molecule has 0 aromatic carbocycles. The van der Waals surface area contributed by atoms with Crippen LogP contribution in [0.5, 0.6) is 0 Å². The van der Waals surface area contributed by atoms with Crippen molar-refractivity contribution in [1.29, 1.82) is 0 Å². The zero-order valence-electron chi connectivity index (χ0n) is 11.3. The minimum Gasteiger partial charge on any atom is -0.460 e. The minimum atomic E-state index is -3.06. The fourth-order valence-corrected chi connectivity index (χ4v) is 4.67. The summed E-state index contributed by atoms with van der Waals surface area (Å²) in [6.07, 6.45) is 0.379. The van der Waals surface area contributed by atoms with Gasteiger partial charge in [-0.2, -0.15) is 0 Å². The van der Waals surface area contributed by atoms with Gasteiger partial charge in [-0.25, -0.2) is 13.4 Å². The van der Waals surface area contributed by atoms with E-state index >= 15 is 0 Å². The van der Waals surface area contributed by atoms with E-state index in [4.69, 9.17) is 4.42 Å². The normalized spacial score (nSPS) is 20.5. The van der Waals surface area contributed by atoms with Crippen molar-refractivity contribution in [2.75, 3.05) is 16.8 Å². The summed E-state index contributed by atoms with van der Waals surface area (Å²) in [6, 6.07) is 3.66. The number of anilines is 1. The van der Waals surface area contributed by atoms with Crippen LogP contribution < -0.4 is 5.32 Å². The zero-order valence-corrected chi connectivity index (χ0v) is 13.0. The molecular weight excluding hydrogens is 312 g/mol. The van der Waals surface area contributed by atoms with Gasteiger partial charge in [0.25, 0.3) is 0 Å². The van der Waals surface area contributed by atoms with E-state index in [1.54, 1.807) is 5.38 Å². The number of nitrogens with zero attached hydrogens (tertiary/aromatic N) is 1. The van der Waals surface area contributed by atoms with Crippen molar-refractivity contribution in [3.63, 3.8) is 0 Å². The third-order valence-electron chi connectivity index (χ3n) is 3.33. The van der Waals surface area contributed by atoms with Crippen LogP contribution in [0.1, 0.15) is 12.2 Å². The van der Waals surface area contributed by atoms with Crippen molar-refractivity contribution < 1.29 is 17.6 Å². The Balaban J connectivity index is 1.69. The Kier molecular flexibility index (Phi) is 3.58. The molecule has 0 bridgehead atoms. The van der Waals surface area contributed by atoms with Crippen LogP contribution in [-0.4, -0.2) is 30.8 Å². The van der Waals surface area contributed by atoms with Gasteiger partial charge in [0.05, 0.1) is 17.4 Å². The third-order valence-corrected chi connectivity index (χ3v) is 5.86. The molecule has 6 nitrogen and oxygen atoms in total. The summed E-state index contributed by atoms with van der Waals surface area (Å²) in [5, 5.41) is 4.92. The number of aromatic nitrogens is 1. The molecule has 1 aliphatic heterocycles. The Bertz CT molecular complexity index is 776. The van der Waals surface area contributed by atoms with Crippen LogP contribution in [-0.2, 0) is 14.6 Å². The summed E-state index contributed by atoms with van der Waals surface area (Å²) in [7, 11) is -3.06. The SMILES string of the molecule is Cc1ccc(-c2csc(NC(=O)[C@@H]3CCS(=O)(=O)C3)n2)o1. The van der Waals surface area contributed by atoms with Gasteiger partial charge in [0.15, 0.2) is 20.7 Å². The quantitative estimate of drug-likeness (QED) is 0.933. The average molecular weight is 326 g/mol. The number of aryl methyl sites for hydroxylation is 1. The fraction of sp³-hybridized carbons (Fsp3) is 0.385. The molecule has 1 saturated heterocycles. The van der Waals surface area contributed by atoms with Gasteiger partial charge in [-0.3, -0.25) is 4.79 Å². The van der Waals surface area contributed by atoms with Gasteiger partial charge in [-0.15, -0.1) is 11.3 Å². The lowest BCUT2D eigenvalue weighted by Gasteiger charge is -2.06. The lowest BCUT2D eigenvalue weighted by molar-refractivity contribution is -0.119. The average Bonchev–Trinajstić information content (AvgIpc) is 3.09. The second-order valence-electron chi connectivity index (χ2n) is 5.04. The molecule has 1 atom stereocenters. The lowest BCUT2D eigenvalue weighted by Crippen LogP contribution is -2.23. The van der Waals surface area contributed by atoms with E-state index in [0.717, 1.165) is 5.76 Å².